The van der Waals surface area contributed by atoms with Crippen LogP contribution < -0.4 is 5.32 Å². The molecule has 1 N–H and O–H groups in total. The molecule has 1 unspecified atom stereocenters. The molecule has 2 rings (SSSR count). The van der Waals surface area contributed by atoms with Crippen LogP contribution in [0.2, 0.25) is 10.0 Å². The van der Waals surface area contributed by atoms with E-state index in [0.29, 0.717) is 27.7 Å². The molecule has 1 amide bonds. The van der Waals surface area contributed by atoms with Crippen LogP contribution in [-0.2, 0) is 4.79 Å². The molecule has 3 nitrogen and oxygen atoms in total. The van der Waals surface area contributed by atoms with Gasteiger partial charge in [-0.1, -0.05) is 48.3 Å². The smallest absolute Gasteiger partial charge is 0.224 e. The predicted molar refractivity (Wildman–Crippen MR) is 98.6 cm³/mol. The van der Waals surface area contributed by atoms with E-state index in [1.807, 2.05) is 32.0 Å². The number of halogens is 2. The normalized spacial score (nSPS) is 11.6. The molecule has 0 aliphatic carbocycles. The highest BCUT2D eigenvalue weighted by molar-refractivity contribution is 6.32. The van der Waals surface area contributed by atoms with Crippen LogP contribution in [0, 0.1) is 18.3 Å². The number of anilines is 1. The zero-order valence-corrected chi connectivity index (χ0v) is 15.1. The molecule has 5 heteroatoms. The predicted octanol–water partition coefficient (Wildman–Crippen LogP) is 5.70. The molecule has 0 bridgehead atoms. The Hall–Kier alpha value is -2.02. The van der Waals surface area contributed by atoms with Gasteiger partial charge < -0.3 is 5.32 Å². The van der Waals surface area contributed by atoms with Gasteiger partial charge in [0.05, 0.1) is 12.0 Å². The first-order valence-corrected chi connectivity index (χ1v) is 8.46. The fourth-order valence-corrected chi connectivity index (χ4v) is 2.88. The van der Waals surface area contributed by atoms with Crippen molar-refractivity contribution < 1.29 is 4.79 Å². The molecule has 0 heterocycles. The first kappa shape index (κ1) is 18.3. The number of aryl methyl sites for hydroxylation is 1. The van der Waals surface area contributed by atoms with Crippen molar-refractivity contribution in [3.63, 3.8) is 0 Å². The largest absolute Gasteiger partial charge is 0.326 e. The highest BCUT2D eigenvalue weighted by atomic mass is 35.5. The van der Waals surface area contributed by atoms with Gasteiger partial charge in [0, 0.05) is 22.2 Å². The van der Waals surface area contributed by atoms with Crippen molar-refractivity contribution in [1.82, 2.24) is 0 Å². The van der Waals surface area contributed by atoms with E-state index in [1.54, 1.807) is 18.2 Å². The number of nitrogens with zero attached hydrogens (tertiary/aromatic N) is 1. The van der Waals surface area contributed by atoms with Gasteiger partial charge in [-0.25, -0.2) is 0 Å². The third-order valence-electron chi connectivity index (χ3n) is 3.74. The number of hydrogen-bond donors (Lipinski definition) is 1. The summed E-state index contributed by atoms with van der Waals surface area (Å²) in [6.45, 7) is 3.84. The summed E-state index contributed by atoms with van der Waals surface area (Å²) in [5.74, 6) is -0.534. The monoisotopic (exact) mass is 360 g/mol. The zero-order chi connectivity index (χ0) is 17.7. The Morgan fingerprint density at radius 3 is 2.50 bits per heavy atom. The highest BCUT2D eigenvalue weighted by Gasteiger charge is 2.18. The average molecular weight is 361 g/mol. The van der Waals surface area contributed by atoms with Crippen LogP contribution in [0.1, 0.15) is 42.4 Å². The van der Waals surface area contributed by atoms with Crippen molar-refractivity contribution in [2.75, 3.05) is 5.32 Å². The van der Waals surface area contributed by atoms with E-state index < -0.39 is 5.92 Å². The van der Waals surface area contributed by atoms with Crippen LogP contribution >= 0.6 is 23.2 Å². The fourth-order valence-electron chi connectivity index (χ4n) is 2.48. The molecule has 0 aliphatic heterocycles. The Morgan fingerprint density at radius 1 is 1.25 bits per heavy atom. The van der Waals surface area contributed by atoms with Gasteiger partial charge in [-0.05, 0) is 48.2 Å². The molecule has 24 heavy (non-hydrogen) atoms. The summed E-state index contributed by atoms with van der Waals surface area (Å²) in [7, 11) is 0. The Labute approximate surface area is 152 Å². The molecular weight excluding hydrogens is 343 g/mol. The molecule has 0 fully saturated rings. The van der Waals surface area contributed by atoms with Gasteiger partial charge in [-0.2, -0.15) is 5.26 Å². The lowest BCUT2D eigenvalue weighted by Gasteiger charge is -2.16. The maximum Gasteiger partial charge on any atom is 0.224 e. The summed E-state index contributed by atoms with van der Waals surface area (Å²) in [6.07, 6.45) is 1.24. The molecule has 0 aliphatic rings. The average Bonchev–Trinajstić information content (AvgIpc) is 2.54. The van der Waals surface area contributed by atoms with Crippen molar-refractivity contribution >= 4 is 34.8 Å². The summed E-state index contributed by atoms with van der Waals surface area (Å²) in [5, 5.41) is 13.5. The van der Waals surface area contributed by atoms with E-state index in [0.717, 1.165) is 17.5 Å². The Bertz CT molecular complexity index is 779. The summed E-state index contributed by atoms with van der Waals surface area (Å²) in [5.41, 5.74) is 3.08. The second-order valence-electron chi connectivity index (χ2n) is 5.60. The van der Waals surface area contributed by atoms with E-state index in [4.69, 9.17) is 23.2 Å². The minimum atomic E-state index is -0.492. The van der Waals surface area contributed by atoms with Crippen LogP contribution in [0.3, 0.4) is 0 Å². The van der Waals surface area contributed by atoms with Gasteiger partial charge >= 0.3 is 0 Å². The Morgan fingerprint density at radius 2 is 1.92 bits per heavy atom. The van der Waals surface area contributed by atoms with Crippen LogP contribution in [0.4, 0.5) is 5.69 Å². The van der Waals surface area contributed by atoms with Gasteiger partial charge in [0.25, 0.3) is 0 Å². The second kappa shape index (κ2) is 8.19. The third-order valence-corrected chi connectivity index (χ3v) is 4.32. The van der Waals surface area contributed by atoms with E-state index in [1.165, 1.54) is 0 Å². The molecule has 0 spiro atoms. The van der Waals surface area contributed by atoms with Gasteiger partial charge in [0.1, 0.15) is 0 Å². The van der Waals surface area contributed by atoms with E-state index in [2.05, 4.69) is 11.4 Å². The van der Waals surface area contributed by atoms with Crippen LogP contribution in [0.15, 0.2) is 36.4 Å². The molecule has 0 aromatic heterocycles. The van der Waals surface area contributed by atoms with Crippen LogP contribution in [0.5, 0.6) is 0 Å². The molecule has 0 radical (unpaired) electrons. The summed E-state index contributed by atoms with van der Waals surface area (Å²) in [6, 6.07) is 13.0. The molecule has 2 aromatic carbocycles. The number of hydrogen-bond acceptors (Lipinski definition) is 2. The lowest BCUT2D eigenvalue weighted by molar-refractivity contribution is -0.116. The highest BCUT2D eigenvalue weighted by Crippen LogP contribution is 2.34. The number of carbonyl (C=O) groups is 1. The van der Waals surface area contributed by atoms with Gasteiger partial charge in [0.2, 0.25) is 5.91 Å². The topological polar surface area (TPSA) is 52.9 Å². The standard InChI is InChI=1S/C19H18Cl2N2O/c1-3-4-19(24)23-18-10-17(21)15(9-12(18)2)16(11-22)13-5-7-14(20)8-6-13/h5-10,16H,3-4H2,1-2H3,(H,23,24). The Balaban J connectivity index is 2.36. The summed E-state index contributed by atoms with van der Waals surface area (Å²) < 4.78 is 0. The zero-order valence-electron chi connectivity index (χ0n) is 13.6. The quantitative estimate of drug-likeness (QED) is 0.743. The SMILES string of the molecule is CCCC(=O)Nc1cc(Cl)c(C(C#N)c2ccc(Cl)cc2)cc1C. The molecule has 0 saturated heterocycles. The van der Waals surface area contributed by atoms with Crippen molar-refractivity contribution in [3.8, 4) is 6.07 Å². The molecule has 0 saturated carbocycles. The Kier molecular flexibility index (Phi) is 6.25. The number of amides is 1. The maximum absolute atomic E-state index is 11.8. The summed E-state index contributed by atoms with van der Waals surface area (Å²) >= 11 is 12.3. The van der Waals surface area contributed by atoms with E-state index in [-0.39, 0.29) is 5.91 Å². The first-order chi connectivity index (χ1) is 11.5. The fraction of sp³-hybridized carbons (Fsp3) is 0.263. The molecular formula is C19H18Cl2N2O. The first-order valence-electron chi connectivity index (χ1n) is 7.71. The van der Waals surface area contributed by atoms with Crippen LogP contribution in [0.25, 0.3) is 0 Å². The van der Waals surface area contributed by atoms with E-state index in [9.17, 15) is 10.1 Å². The van der Waals surface area contributed by atoms with Crippen molar-refractivity contribution in [2.24, 2.45) is 0 Å². The second-order valence-corrected chi connectivity index (χ2v) is 6.44. The maximum atomic E-state index is 11.8. The van der Waals surface area contributed by atoms with Crippen LogP contribution in [-0.4, -0.2) is 5.91 Å². The molecule has 2 aromatic rings. The molecule has 1 atom stereocenters. The number of nitrogens with one attached hydrogen (secondary N) is 1. The van der Waals surface area contributed by atoms with Gasteiger partial charge in [-0.3, -0.25) is 4.79 Å². The number of carbonyl (C=O) groups excluding carboxylic acids is 1. The van der Waals surface area contributed by atoms with E-state index >= 15 is 0 Å². The number of rotatable bonds is 5. The lowest BCUT2D eigenvalue weighted by atomic mass is 9.91. The lowest BCUT2D eigenvalue weighted by Crippen LogP contribution is -2.12. The third kappa shape index (κ3) is 4.29. The minimum absolute atomic E-state index is 0.0426. The number of benzene rings is 2. The van der Waals surface area contributed by atoms with Gasteiger partial charge in [0.15, 0.2) is 0 Å². The van der Waals surface area contributed by atoms with Crippen molar-refractivity contribution in [2.45, 2.75) is 32.6 Å². The molecule has 124 valence electrons. The summed E-state index contributed by atoms with van der Waals surface area (Å²) in [4.78, 5) is 11.8. The number of nitriles is 1. The van der Waals surface area contributed by atoms with Gasteiger partial charge in [-0.15, -0.1) is 0 Å². The minimum Gasteiger partial charge on any atom is -0.326 e. The van der Waals surface area contributed by atoms with Crippen molar-refractivity contribution in [1.29, 1.82) is 5.26 Å². The van der Waals surface area contributed by atoms with Crippen molar-refractivity contribution in [3.05, 3.63) is 63.1 Å².